The maximum absolute atomic E-state index is 9.60. The molecule has 0 unspecified atom stereocenters. The Morgan fingerprint density at radius 3 is 0.920 bits per heavy atom. The number of hydrogen-bond acceptors (Lipinski definition) is 1. The van der Waals surface area contributed by atoms with Gasteiger partial charge < -0.3 is 0 Å². The Kier molecular flexibility index (Phi) is 18.6. The summed E-state index contributed by atoms with van der Waals surface area (Å²) in [5.74, 6) is 0. The van der Waals surface area contributed by atoms with Gasteiger partial charge in [0.05, 0.1) is 14.1 Å². The highest BCUT2D eigenvalue weighted by Gasteiger charge is 2.08. The van der Waals surface area contributed by atoms with Crippen LogP contribution in [0.25, 0.3) is 0 Å². The van der Waals surface area contributed by atoms with Crippen molar-refractivity contribution in [1.29, 1.82) is 0 Å². The molecule has 0 aliphatic rings. The molecule has 0 heterocycles. The van der Waals surface area contributed by atoms with Gasteiger partial charge in [0.15, 0.2) is 0 Å². The first-order chi connectivity index (χ1) is 12.1. The molecule has 0 bridgehead atoms. The molecule has 2 heteroatoms. The third-order valence-electron chi connectivity index (χ3n) is 5.31. The molecule has 0 aromatic carbocycles. The van der Waals surface area contributed by atoms with Gasteiger partial charge in [-0.15, -0.1) is 0 Å². The molecule has 0 atom stereocenters. The van der Waals surface area contributed by atoms with Crippen LogP contribution in [-0.2, 0) is 0 Å². The zero-order valence-electron chi connectivity index (χ0n) is 18.0. The molecule has 0 aliphatic heterocycles. The van der Waals surface area contributed by atoms with Crippen LogP contribution >= 0.6 is 0 Å². The van der Waals surface area contributed by atoms with Crippen LogP contribution in [0.15, 0.2) is 0 Å². The number of unbranched alkanes of at least 4 members (excludes halogenated alkanes) is 18. The average Bonchev–Trinajstić information content (AvgIpc) is 2.56. The maximum atomic E-state index is 9.60. The molecule has 152 valence electrons. The summed E-state index contributed by atoms with van der Waals surface area (Å²) in [5.41, 5.74) is 0. The molecule has 0 saturated heterocycles. The largest absolute Gasteiger partial charge is 0.217 e. The molecule has 0 amide bonds. The van der Waals surface area contributed by atoms with Crippen LogP contribution in [0.1, 0.15) is 129 Å². The number of hydroxylamine groups is 3. The van der Waals surface area contributed by atoms with Gasteiger partial charge in [-0.3, -0.25) is 0 Å². The van der Waals surface area contributed by atoms with Crippen LogP contribution in [-0.4, -0.2) is 30.5 Å². The highest BCUT2D eigenvalue weighted by Crippen LogP contribution is 2.14. The second kappa shape index (κ2) is 18.7. The van der Waals surface area contributed by atoms with Gasteiger partial charge in [0.1, 0.15) is 6.54 Å². The van der Waals surface area contributed by atoms with Crippen molar-refractivity contribution in [3.05, 3.63) is 0 Å². The second-order valence-corrected chi connectivity index (χ2v) is 8.71. The molecule has 0 saturated carbocycles. The number of hydrogen-bond donors (Lipinski definition) is 1. The van der Waals surface area contributed by atoms with Crippen molar-refractivity contribution in [3.8, 4) is 0 Å². The fraction of sp³-hybridized carbons (Fsp3) is 1.00. The summed E-state index contributed by atoms with van der Waals surface area (Å²) in [5, 5.41) is 9.60. The SMILES string of the molecule is CCCCCCCCCCCCCCCCCCCCC[N+](C)(C)O. The fourth-order valence-electron chi connectivity index (χ4n) is 3.58. The van der Waals surface area contributed by atoms with Crippen molar-refractivity contribution in [3.63, 3.8) is 0 Å². The summed E-state index contributed by atoms with van der Waals surface area (Å²) in [6.07, 6.45) is 26.9. The van der Waals surface area contributed by atoms with E-state index in [0.29, 0.717) is 0 Å². The maximum Gasteiger partial charge on any atom is 0.108 e. The van der Waals surface area contributed by atoms with Crippen molar-refractivity contribution >= 4 is 0 Å². The van der Waals surface area contributed by atoms with E-state index in [4.69, 9.17) is 0 Å². The Balaban J connectivity index is 3.01. The minimum atomic E-state index is 0.124. The van der Waals surface area contributed by atoms with Crippen LogP contribution < -0.4 is 0 Å². The van der Waals surface area contributed by atoms with Gasteiger partial charge in [-0.1, -0.05) is 116 Å². The standard InChI is InChI=1S/C23H50NO/c1-4-5-6-7-8-9-10-11-12-13-14-15-16-17-18-19-20-21-22-23-24(2,3)25/h25H,4-23H2,1-3H3/q+1. The minimum Gasteiger partial charge on any atom is -0.217 e. The molecule has 0 aromatic rings. The molecule has 0 aliphatic carbocycles. The number of nitrogens with zero attached hydrogens (tertiary/aromatic N) is 1. The van der Waals surface area contributed by atoms with Crippen LogP contribution in [0.5, 0.6) is 0 Å². The van der Waals surface area contributed by atoms with E-state index in [1.54, 1.807) is 0 Å². The number of quaternary nitrogens is 1. The summed E-state index contributed by atoms with van der Waals surface area (Å²) in [7, 11) is 3.71. The molecule has 1 N–H and O–H groups in total. The lowest BCUT2D eigenvalue weighted by molar-refractivity contribution is -1.07. The molecule has 25 heavy (non-hydrogen) atoms. The molecule has 0 aromatic heterocycles. The van der Waals surface area contributed by atoms with Gasteiger partial charge in [-0.25, -0.2) is 5.21 Å². The first-order valence-corrected chi connectivity index (χ1v) is 11.6. The van der Waals surface area contributed by atoms with Gasteiger partial charge >= 0.3 is 0 Å². The number of rotatable bonds is 20. The molecule has 2 nitrogen and oxygen atoms in total. The van der Waals surface area contributed by atoms with E-state index in [1.807, 2.05) is 14.1 Å². The van der Waals surface area contributed by atoms with Gasteiger partial charge in [-0.2, -0.15) is 4.65 Å². The molecule has 0 rings (SSSR count). The zero-order valence-corrected chi connectivity index (χ0v) is 18.0. The Labute approximate surface area is 159 Å². The summed E-state index contributed by atoms with van der Waals surface area (Å²) in [6, 6.07) is 0. The zero-order chi connectivity index (χ0) is 18.6. The smallest absolute Gasteiger partial charge is 0.108 e. The lowest BCUT2D eigenvalue weighted by Gasteiger charge is -2.18. The highest BCUT2D eigenvalue weighted by molar-refractivity contribution is 4.50. The lowest BCUT2D eigenvalue weighted by atomic mass is 10.0. The second-order valence-electron chi connectivity index (χ2n) is 8.71. The van der Waals surface area contributed by atoms with Crippen molar-refractivity contribution in [2.75, 3.05) is 20.6 Å². The van der Waals surface area contributed by atoms with E-state index in [9.17, 15) is 5.21 Å². The van der Waals surface area contributed by atoms with Crippen molar-refractivity contribution in [1.82, 2.24) is 0 Å². The summed E-state index contributed by atoms with van der Waals surface area (Å²) < 4.78 is 0.124. The predicted molar refractivity (Wildman–Crippen MR) is 112 cm³/mol. The molecule has 0 spiro atoms. The van der Waals surface area contributed by atoms with Gasteiger partial charge in [-0.05, 0) is 12.8 Å². The fourth-order valence-corrected chi connectivity index (χ4v) is 3.58. The first kappa shape index (κ1) is 24.9. The lowest BCUT2D eigenvalue weighted by Crippen LogP contribution is -2.36. The minimum absolute atomic E-state index is 0.124. The Hall–Kier alpha value is -0.0800. The highest BCUT2D eigenvalue weighted by atomic mass is 16.5. The summed E-state index contributed by atoms with van der Waals surface area (Å²) in [4.78, 5) is 0. The van der Waals surface area contributed by atoms with Crippen LogP contribution in [0, 0.1) is 0 Å². The first-order valence-electron chi connectivity index (χ1n) is 11.6. The molecule has 0 radical (unpaired) electrons. The van der Waals surface area contributed by atoms with E-state index in [-0.39, 0.29) is 4.65 Å². The van der Waals surface area contributed by atoms with Crippen molar-refractivity contribution in [2.45, 2.75) is 129 Å². The van der Waals surface area contributed by atoms with Crippen LogP contribution in [0.3, 0.4) is 0 Å². The summed E-state index contributed by atoms with van der Waals surface area (Å²) in [6.45, 7) is 3.18. The Bertz CT molecular complexity index is 247. The monoisotopic (exact) mass is 356 g/mol. The van der Waals surface area contributed by atoms with Crippen molar-refractivity contribution < 1.29 is 9.85 Å². The third-order valence-corrected chi connectivity index (χ3v) is 5.31. The van der Waals surface area contributed by atoms with E-state index >= 15 is 0 Å². The van der Waals surface area contributed by atoms with E-state index in [2.05, 4.69) is 6.92 Å². The quantitative estimate of drug-likeness (QED) is 0.134. The van der Waals surface area contributed by atoms with E-state index in [1.165, 1.54) is 116 Å². The normalized spacial score (nSPS) is 12.0. The molecular weight excluding hydrogens is 306 g/mol. The van der Waals surface area contributed by atoms with E-state index < -0.39 is 0 Å². The molecular formula is C23H50NO+. The predicted octanol–water partition coefficient (Wildman–Crippen LogP) is 7.88. The average molecular weight is 357 g/mol. The third kappa shape index (κ3) is 23.9. The van der Waals surface area contributed by atoms with Crippen molar-refractivity contribution in [2.24, 2.45) is 0 Å². The molecule has 0 fully saturated rings. The van der Waals surface area contributed by atoms with Gasteiger partial charge in [0.2, 0.25) is 0 Å². The van der Waals surface area contributed by atoms with Gasteiger partial charge in [0, 0.05) is 0 Å². The van der Waals surface area contributed by atoms with Crippen LogP contribution in [0.4, 0.5) is 0 Å². The summed E-state index contributed by atoms with van der Waals surface area (Å²) >= 11 is 0. The Morgan fingerprint density at radius 1 is 0.440 bits per heavy atom. The van der Waals surface area contributed by atoms with Gasteiger partial charge in [0.25, 0.3) is 0 Å². The Morgan fingerprint density at radius 2 is 0.680 bits per heavy atom. The topological polar surface area (TPSA) is 20.2 Å². The van der Waals surface area contributed by atoms with Crippen LogP contribution in [0.2, 0.25) is 0 Å². The van der Waals surface area contributed by atoms with E-state index in [0.717, 1.165) is 13.0 Å².